The second-order valence-corrected chi connectivity index (χ2v) is 7.50. The summed E-state index contributed by atoms with van der Waals surface area (Å²) in [5, 5.41) is 4.27. The minimum Gasteiger partial charge on any atom is -0.493 e. The van der Waals surface area contributed by atoms with Crippen LogP contribution in [0.3, 0.4) is 0 Å². The lowest BCUT2D eigenvalue weighted by Crippen LogP contribution is -2.23. The van der Waals surface area contributed by atoms with Gasteiger partial charge in [0.1, 0.15) is 0 Å². The first kappa shape index (κ1) is 22.5. The van der Waals surface area contributed by atoms with Crippen molar-refractivity contribution in [3.05, 3.63) is 47.5 Å². The molecule has 166 valence electrons. The standard InChI is InChI=1S/C24H31N3O4/c1-17(18-9-11-20(12-10-18)27-13-7-5-6-8-14-27)25-26-24(28)19-15-21(29-2)23(31-4)22(16-19)30-3/h9-12,15-16H,5-8,13-14H2,1-4H3,(H,26,28)/b25-17-. The van der Waals surface area contributed by atoms with Crippen molar-refractivity contribution < 1.29 is 19.0 Å². The first-order valence-electron chi connectivity index (χ1n) is 10.6. The number of anilines is 1. The summed E-state index contributed by atoms with van der Waals surface area (Å²) in [4.78, 5) is 15.1. The Bertz CT molecular complexity index is 892. The molecule has 0 spiro atoms. The Labute approximate surface area is 184 Å². The third-order valence-electron chi connectivity index (χ3n) is 5.51. The molecule has 1 N–H and O–H groups in total. The average molecular weight is 426 g/mol. The highest BCUT2D eigenvalue weighted by Crippen LogP contribution is 2.38. The van der Waals surface area contributed by atoms with Crippen molar-refractivity contribution in [1.82, 2.24) is 5.43 Å². The van der Waals surface area contributed by atoms with Gasteiger partial charge in [-0.2, -0.15) is 5.10 Å². The Morgan fingerprint density at radius 2 is 1.45 bits per heavy atom. The molecule has 1 aliphatic rings. The molecule has 7 heteroatoms. The van der Waals surface area contributed by atoms with E-state index in [1.807, 2.05) is 19.1 Å². The van der Waals surface area contributed by atoms with E-state index in [2.05, 4.69) is 27.6 Å². The fourth-order valence-electron chi connectivity index (χ4n) is 3.72. The van der Waals surface area contributed by atoms with Gasteiger partial charge in [-0.05, 0) is 49.6 Å². The van der Waals surface area contributed by atoms with Crippen LogP contribution >= 0.6 is 0 Å². The topological polar surface area (TPSA) is 72.4 Å². The molecule has 1 saturated heterocycles. The van der Waals surface area contributed by atoms with Crippen LogP contribution < -0.4 is 24.5 Å². The summed E-state index contributed by atoms with van der Waals surface area (Å²) < 4.78 is 15.9. The number of hydrazone groups is 1. The normalized spacial score (nSPS) is 14.6. The molecule has 1 fully saturated rings. The Balaban J connectivity index is 1.70. The predicted octanol–water partition coefficient (Wildman–Crippen LogP) is 4.25. The number of nitrogens with one attached hydrogen (secondary N) is 1. The van der Waals surface area contributed by atoms with Crippen molar-refractivity contribution in [2.75, 3.05) is 39.3 Å². The number of carbonyl (C=O) groups excluding carboxylic acids is 1. The van der Waals surface area contributed by atoms with E-state index >= 15 is 0 Å². The van der Waals surface area contributed by atoms with Gasteiger partial charge in [0.25, 0.3) is 5.91 Å². The van der Waals surface area contributed by atoms with Crippen molar-refractivity contribution in [2.45, 2.75) is 32.6 Å². The highest BCUT2D eigenvalue weighted by molar-refractivity contribution is 6.01. The zero-order valence-electron chi connectivity index (χ0n) is 18.7. The molecule has 3 rings (SSSR count). The van der Waals surface area contributed by atoms with Gasteiger partial charge in [0.15, 0.2) is 11.5 Å². The Hall–Kier alpha value is -3.22. The van der Waals surface area contributed by atoms with Gasteiger partial charge in [-0.3, -0.25) is 4.79 Å². The third-order valence-corrected chi connectivity index (χ3v) is 5.51. The summed E-state index contributed by atoms with van der Waals surface area (Å²) in [7, 11) is 4.54. The molecule has 1 heterocycles. The quantitative estimate of drug-likeness (QED) is 0.530. The second kappa shape index (κ2) is 10.7. The average Bonchev–Trinajstić information content (AvgIpc) is 3.11. The van der Waals surface area contributed by atoms with Crippen LogP contribution in [0.5, 0.6) is 17.2 Å². The highest BCUT2D eigenvalue weighted by atomic mass is 16.5. The van der Waals surface area contributed by atoms with Crippen LogP contribution in [0.1, 0.15) is 48.5 Å². The monoisotopic (exact) mass is 425 g/mol. The maximum atomic E-state index is 12.6. The number of carbonyl (C=O) groups is 1. The summed E-state index contributed by atoms with van der Waals surface area (Å²) in [5.74, 6) is 0.902. The molecule has 7 nitrogen and oxygen atoms in total. The van der Waals surface area contributed by atoms with Crippen LogP contribution in [0.4, 0.5) is 5.69 Å². The number of rotatable bonds is 7. The first-order chi connectivity index (χ1) is 15.1. The molecular formula is C24H31N3O4. The smallest absolute Gasteiger partial charge is 0.271 e. The van der Waals surface area contributed by atoms with Crippen LogP contribution in [-0.2, 0) is 0 Å². The molecule has 0 saturated carbocycles. The molecule has 2 aromatic rings. The summed E-state index contributed by atoms with van der Waals surface area (Å²) in [6.07, 6.45) is 5.11. The Morgan fingerprint density at radius 3 is 1.97 bits per heavy atom. The summed E-state index contributed by atoms with van der Waals surface area (Å²) >= 11 is 0. The molecule has 1 amide bonds. The number of hydrogen-bond acceptors (Lipinski definition) is 6. The molecular weight excluding hydrogens is 394 g/mol. The van der Waals surface area contributed by atoms with E-state index < -0.39 is 0 Å². The number of methoxy groups -OCH3 is 3. The SMILES string of the molecule is COc1cc(C(=O)N/N=C(/C)c2ccc(N3CCCCCC3)cc2)cc(OC)c1OC. The second-order valence-electron chi connectivity index (χ2n) is 7.50. The highest BCUT2D eigenvalue weighted by Gasteiger charge is 2.17. The maximum Gasteiger partial charge on any atom is 0.271 e. The van der Waals surface area contributed by atoms with E-state index in [1.165, 1.54) is 52.7 Å². The van der Waals surface area contributed by atoms with Gasteiger partial charge < -0.3 is 19.1 Å². The van der Waals surface area contributed by atoms with E-state index in [-0.39, 0.29) is 5.91 Å². The van der Waals surface area contributed by atoms with Crippen molar-refractivity contribution in [3.8, 4) is 17.2 Å². The number of benzene rings is 2. The lowest BCUT2D eigenvalue weighted by molar-refractivity contribution is 0.0954. The lowest BCUT2D eigenvalue weighted by Gasteiger charge is -2.22. The largest absolute Gasteiger partial charge is 0.493 e. The lowest BCUT2D eigenvalue weighted by atomic mass is 10.1. The van der Waals surface area contributed by atoms with E-state index in [0.29, 0.717) is 22.8 Å². The number of amides is 1. The Kier molecular flexibility index (Phi) is 7.76. The van der Waals surface area contributed by atoms with Gasteiger partial charge in [0.05, 0.1) is 27.0 Å². The Morgan fingerprint density at radius 1 is 0.871 bits per heavy atom. The van der Waals surface area contributed by atoms with Crippen molar-refractivity contribution in [1.29, 1.82) is 0 Å². The molecule has 0 atom stereocenters. The summed E-state index contributed by atoms with van der Waals surface area (Å²) in [5.41, 5.74) is 5.90. The minimum absolute atomic E-state index is 0.361. The van der Waals surface area contributed by atoms with Crippen molar-refractivity contribution in [2.24, 2.45) is 5.10 Å². The molecule has 2 aromatic carbocycles. The molecule has 0 radical (unpaired) electrons. The van der Waals surface area contributed by atoms with Gasteiger partial charge in [-0.1, -0.05) is 25.0 Å². The van der Waals surface area contributed by atoms with Gasteiger partial charge in [-0.25, -0.2) is 5.43 Å². The van der Waals surface area contributed by atoms with E-state index in [0.717, 1.165) is 24.4 Å². The number of hydrogen-bond donors (Lipinski definition) is 1. The van der Waals surface area contributed by atoms with Crippen molar-refractivity contribution in [3.63, 3.8) is 0 Å². The van der Waals surface area contributed by atoms with Gasteiger partial charge >= 0.3 is 0 Å². The van der Waals surface area contributed by atoms with Crippen molar-refractivity contribution >= 4 is 17.3 Å². The first-order valence-corrected chi connectivity index (χ1v) is 10.6. The fourth-order valence-corrected chi connectivity index (χ4v) is 3.72. The molecule has 0 aromatic heterocycles. The molecule has 0 unspecified atom stereocenters. The van der Waals surface area contributed by atoms with Gasteiger partial charge in [0, 0.05) is 24.3 Å². The van der Waals surface area contributed by atoms with E-state index in [1.54, 1.807) is 12.1 Å². The van der Waals surface area contributed by atoms with E-state index in [4.69, 9.17) is 14.2 Å². The van der Waals surface area contributed by atoms with Crippen LogP contribution in [0, 0.1) is 0 Å². The summed E-state index contributed by atoms with van der Waals surface area (Å²) in [6.45, 7) is 4.09. The van der Waals surface area contributed by atoms with Crippen LogP contribution in [0.15, 0.2) is 41.5 Å². The molecule has 0 bridgehead atoms. The maximum absolute atomic E-state index is 12.6. The van der Waals surface area contributed by atoms with Gasteiger partial charge in [0.2, 0.25) is 5.75 Å². The summed E-state index contributed by atoms with van der Waals surface area (Å²) in [6, 6.07) is 11.5. The fraction of sp³-hybridized carbons (Fsp3) is 0.417. The van der Waals surface area contributed by atoms with Crippen LogP contribution in [-0.4, -0.2) is 46.0 Å². The van der Waals surface area contributed by atoms with Crippen LogP contribution in [0.2, 0.25) is 0 Å². The predicted molar refractivity (Wildman–Crippen MR) is 123 cm³/mol. The van der Waals surface area contributed by atoms with Crippen LogP contribution in [0.25, 0.3) is 0 Å². The zero-order chi connectivity index (χ0) is 22.2. The zero-order valence-corrected chi connectivity index (χ0v) is 18.7. The molecule has 31 heavy (non-hydrogen) atoms. The minimum atomic E-state index is -0.361. The molecule has 0 aliphatic carbocycles. The third kappa shape index (κ3) is 5.48. The van der Waals surface area contributed by atoms with E-state index in [9.17, 15) is 4.79 Å². The number of ether oxygens (including phenoxy) is 3. The molecule has 1 aliphatic heterocycles. The van der Waals surface area contributed by atoms with Gasteiger partial charge in [-0.15, -0.1) is 0 Å². The number of nitrogens with zero attached hydrogens (tertiary/aromatic N) is 2.